The van der Waals surface area contributed by atoms with E-state index in [0.717, 1.165) is 19.3 Å². The van der Waals surface area contributed by atoms with Crippen LogP contribution >= 0.6 is 0 Å². The molecule has 2 aliphatic rings. The van der Waals surface area contributed by atoms with Gasteiger partial charge >= 0.3 is 11.9 Å². The highest BCUT2D eigenvalue weighted by Crippen LogP contribution is 2.36. The van der Waals surface area contributed by atoms with Crippen molar-refractivity contribution in [3.63, 3.8) is 0 Å². The number of carboxylic acid groups (broad SMARTS) is 1. The first-order valence-electron chi connectivity index (χ1n) is 8.65. The average Bonchev–Trinajstić information content (AvgIpc) is 2.74. The normalized spacial score (nSPS) is 30.5. The summed E-state index contributed by atoms with van der Waals surface area (Å²) in [6.07, 6.45) is 2.38. The Morgan fingerprint density at radius 2 is 2.00 bits per heavy atom. The van der Waals surface area contributed by atoms with Crippen LogP contribution in [0.4, 0.5) is 0 Å². The van der Waals surface area contributed by atoms with Gasteiger partial charge in [0.2, 0.25) is 5.91 Å². The third kappa shape index (κ3) is 3.97. The van der Waals surface area contributed by atoms with Gasteiger partial charge in [-0.1, -0.05) is 20.8 Å². The number of allylic oxidation sites excluding steroid dienone is 1. The van der Waals surface area contributed by atoms with Gasteiger partial charge in [0.15, 0.2) is 0 Å². The zero-order valence-electron chi connectivity index (χ0n) is 14.8. The molecule has 6 nitrogen and oxygen atoms in total. The summed E-state index contributed by atoms with van der Waals surface area (Å²) in [6, 6.07) is 0. The minimum Gasteiger partial charge on any atom is -0.481 e. The second-order valence-corrected chi connectivity index (χ2v) is 7.42. The van der Waals surface area contributed by atoms with Crippen molar-refractivity contribution < 1.29 is 24.2 Å². The Bertz CT molecular complexity index is 566. The molecule has 0 bridgehead atoms. The number of rotatable bonds is 5. The van der Waals surface area contributed by atoms with Gasteiger partial charge in [-0.05, 0) is 43.9 Å². The summed E-state index contributed by atoms with van der Waals surface area (Å²) in [7, 11) is 0. The first kappa shape index (κ1) is 18.5. The van der Waals surface area contributed by atoms with Crippen LogP contribution in [-0.2, 0) is 19.1 Å². The van der Waals surface area contributed by atoms with Crippen molar-refractivity contribution >= 4 is 17.8 Å². The Morgan fingerprint density at radius 1 is 1.33 bits per heavy atom. The predicted molar refractivity (Wildman–Crippen MR) is 87.8 cm³/mol. The second kappa shape index (κ2) is 7.36. The maximum absolute atomic E-state index is 12.6. The summed E-state index contributed by atoms with van der Waals surface area (Å²) < 4.78 is 5.72. The van der Waals surface area contributed by atoms with E-state index >= 15 is 0 Å². The molecule has 1 fully saturated rings. The quantitative estimate of drug-likeness (QED) is 0.752. The third-order valence-corrected chi connectivity index (χ3v) is 5.34. The van der Waals surface area contributed by atoms with Crippen LogP contribution in [-0.4, -0.2) is 29.1 Å². The lowest BCUT2D eigenvalue weighted by Gasteiger charge is -2.35. The number of ether oxygens (including phenoxy) is 1. The molecule has 4 atom stereocenters. The maximum Gasteiger partial charge on any atom is 0.336 e. The number of aliphatic carboxylic acids is 1. The fraction of sp³-hybridized carbons (Fsp3) is 0.722. The van der Waals surface area contributed by atoms with E-state index in [4.69, 9.17) is 9.84 Å². The number of amides is 1. The summed E-state index contributed by atoms with van der Waals surface area (Å²) in [6.45, 7) is 8.03. The lowest BCUT2D eigenvalue weighted by molar-refractivity contribution is -0.151. The zero-order chi connectivity index (χ0) is 18.0. The van der Waals surface area contributed by atoms with Crippen LogP contribution < -0.4 is 5.32 Å². The Morgan fingerprint density at radius 3 is 2.58 bits per heavy atom. The first-order chi connectivity index (χ1) is 11.2. The van der Waals surface area contributed by atoms with Crippen LogP contribution in [0.5, 0.6) is 0 Å². The Hall–Kier alpha value is -1.85. The van der Waals surface area contributed by atoms with E-state index in [1.165, 1.54) is 0 Å². The smallest absolute Gasteiger partial charge is 0.336 e. The van der Waals surface area contributed by atoms with Crippen LogP contribution in [0.15, 0.2) is 11.3 Å². The number of nitrogens with one attached hydrogen (secondary N) is 1. The van der Waals surface area contributed by atoms with Crippen LogP contribution in [0.2, 0.25) is 0 Å². The van der Waals surface area contributed by atoms with Crippen molar-refractivity contribution in [3.8, 4) is 0 Å². The van der Waals surface area contributed by atoms with Crippen LogP contribution in [0, 0.1) is 23.7 Å². The molecule has 2 rings (SSSR count). The molecular formula is C18H27NO5. The maximum atomic E-state index is 12.6. The van der Waals surface area contributed by atoms with E-state index < -0.39 is 30.2 Å². The highest BCUT2D eigenvalue weighted by atomic mass is 16.5. The van der Waals surface area contributed by atoms with Gasteiger partial charge in [-0.15, -0.1) is 0 Å². The molecule has 1 saturated carbocycles. The molecule has 1 heterocycles. The molecule has 0 aromatic heterocycles. The van der Waals surface area contributed by atoms with Crippen molar-refractivity contribution in [1.82, 2.24) is 5.32 Å². The van der Waals surface area contributed by atoms with Crippen LogP contribution in [0.1, 0.15) is 53.4 Å². The standard InChI is InChI=1S/C18H27NO5/c1-9(2)12-6-5-10(3)14(7-12)24-18(23)16-11(4)19-17(22)13(16)8-15(20)21/h9-10,12-14H,5-8H2,1-4H3,(H,19,22)(H,20,21)/t10-,12+,13-,14+/m0/s1. The van der Waals surface area contributed by atoms with E-state index in [9.17, 15) is 14.4 Å². The van der Waals surface area contributed by atoms with Gasteiger partial charge in [-0.3, -0.25) is 9.59 Å². The lowest BCUT2D eigenvalue weighted by atomic mass is 9.76. The molecule has 0 aromatic rings. The van der Waals surface area contributed by atoms with Crippen LogP contribution in [0.3, 0.4) is 0 Å². The molecule has 0 saturated heterocycles. The number of esters is 1. The molecule has 6 heteroatoms. The first-order valence-corrected chi connectivity index (χ1v) is 8.65. The van der Waals surface area contributed by atoms with Gasteiger partial charge in [0.25, 0.3) is 0 Å². The van der Waals surface area contributed by atoms with Crippen molar-refractivity contribution in [2.45, 2.75) is 59.5 Å². The third-order valence-electron chi connectivity index (χ3n) is 5.34. The number of carboxylic acids is 1. The number of hydrogen-bond acceptors (Lipinski definition) is 4. The number of carbonyl (C=O) groups is 3. The second-order valence-electron chi connectivity index (χ2n) is 7.42. The Labute approximate surface area is 142 Å². The topological polar surface area (TPSA) is 92.7 Å². The molecule has 0 spiro atoms. The fourth-order valence-electron chi connectivity index (χ4n) is 3.68. The van der Waals surface area contributed by atoms with Gasteiger partial charge in [-0.25, -0.2) is 4.79 Å². The molecule has 1 aliphatic carbocycles. The molecule has 0 radical (unpaired) electrons. The molecular weight excluding hydrogens is 310 g/mol. The monoisotopic (exact) mass is 337 g/mol. The predicted octanol–water partition coefficient (Wildman–Crippen LogP) is 2.49. The molecule has 2 N–H and O–H groups in total. The number of carbonyl (C=O) groups excluding carboxylic acids is 2. The average molecular weight is 337 g/mol. The molecule has 1 aliphatic heterocycles. The Balaban J connectivity index is 2.11. The highest BCUT2D eigenvalue weighted by Gasteiger charge is 2.40. The summed E-state index contributed by atoms with van der Waals surface area (Å²) >= 11 is 0. The van der Waals surface area contributed by atoms with E-state index in [1.54, 1.807) is 6.92 Å². The van der Waals surface area contributed by atoms with Crippen molar-refractivity contribution in [1.29, 1.82) is 0 Å². The molecule has 134 valence electrons. The minimum absolute atomic E-state index is 0.168. The highest BCUT2D eigenvalue weighted by molar-refractivity contribution is 6.03. The molecule has 24 heavy (non-hydrogen) atoms. The minimum atomic E-state index is -1.11. The van der Waals surface area contributed by atoms with Gasteiger partial charge < -0.3 is 15.2 Å². The van der Waals surface area contributed by atoms with Gasteiger partial charge in [0, 0.05) is 5.70 Å². The van der Waals surface area contributed by atoms with Gasteiger partial charge in [0.1, 0.15) is 6.10 Å². The summed E-state index contributed by atoms with van der Waals surface area (Å²) in [5.74, 6) is -1.75. The fourth-order valence-corrected chi connectivity index (χ4v) is 3.68. The number of hydrogen-bond donors (Lipinski definition) is 2. The van der Waals surface area contributed by atoms with Crippen molar-refractivity contribution in [2.75, 3.05) is 0 Å². The molecule has 0 aromatic carbocycles. The van der Waals surface area contributed by atoms with Crippen LogP contribution in [0.25, 0.3) is 0 Å². The van der Waals surface area contributed by atoms with Crippen molar-refractivity contribution in [3.05, 3.63) is 11.3 Å². The summed E-state index contributed by atoms with van der Waals surface area (Å²) in [5.41, 5.74) is 0.571. The van der Waals surface area contributed by atoms with E-state index in [0.29, 0.717) is 17.5 Å². The SMILES string of the molecule is CC1=C(C(=O)O[C@@H]2C[C@H](C(C)C)CC[C@@H]2C)[C@H](CC(=O)O)C(=O)N1. The van der Waals surface area contributed by atoms with E-state index in [-0.39, 0.29) is 17.6 Å². The summed E-state index contributed by atoms with van der Waals surface area (Å²) in [4.78, 5) is 35.5. The lowest BCUT2D eigenvalue weighted by Crippen LogP contribution is -2.35. The van der Waals surface area contributed by atoms with Crippen molar-refractivity contribution in [2.24, 2.45) is 23.7 Å². The summed E-state index contributed by atoms with van der Waals surface area (Å²) in [5, 5.41) is 11.5. The molecule has 0 unspecified atom stereocenters. The Kier molecular flexibility index (Phi) is 5.67. The van der Waals surface area contributed by atoms with Gasteiger partial charge in [-0.2, -0.15) is 0 Å². The largest absolute Gasteiger partial charge is 0.481 e. The zero-order valence-corrected chi connectivity index (χ0v) is 14.8. The van der Waals surface area contributed by atoms with E-state index in [1.807, 2.05) is 0 Å². The van der Waals surface area contributed by atoms with Gasteiger partial charge in [0.05, 0.1) is 17.9 Å². The van der Waals surface area contributed by atoms with E-state index in [2.05, 4.69) is 26.1 Å². The molecule has 1 amide bonds.